The van der Waals surface area contributed by atoms with Crippen LogP contribution >= 0.6 is 22.6 Å². The van der Waals surface area contributed by atoms with Crippen molar-refractivity contribution in [2.24, 2.45) is 0 Å². The van der Waals surface area contributed by atoms with Crippen LogP contribution < -0.4 is 5.32 Å². The Balaban J connectivity index is 2.59. The number of halogens is 1. The number of carboxylic acids is 1. The van der Waals surface area contributed by atoms with Gasteiger partial charge in [-0.25, -0.2) is 0 Å². The van der Waals surface area contributed by atoms with Crippen LogP contribution in [-0.2, 0) is 16.0 Å². The third-order valence-corrected chi connectivity index (χ3v) is 3.11. The lowest BCUT2D eigenvalue weighted by atomic mass is 10.1. The largest absolute Gasteiger partial charge is 0.480 e. The molecule has 0 aliphatic rings. The standard InChI is InChI=1S/C11H12INO3/c1-7(11(15)16)13-10(14)6-8-4-2-3-5-9(8)12/h2-5,7H,6H2,1H3,(H,13,14)(H,15,16). The van der Waals surface area contributed by atoms with E-state index < -0.39 is 12.0 Å². The van der Waals surface area contributed by atoms with Crippen molar-refractivity contribution in [3.8, 4) is 0 Å². The van der Waals surface area contributed by atoms with E-state index in [2.05, 4.69) is 27.9 Å². The summed E-state index contributed by atoms with van der Waals surface area (Å²) in [6.45, 7) is 1.44. The zero-order valence-electron chi connectivity index (χ0n) is 8.74. The van der Waals surface area contributed by atoms with E-state index in [-0.39, 0.29) is 12.3 Å². The van der Waals surface area contributed by atoms with Crippen molar-refractivity contribution in [3.63, 3.8) is 0 Å². The van der Waals surface area contributed by atoms with Gasteiger partial charge >= 0.3 is 5.97 Å². The second-order valence-corrected chi connectivity index (χ2v) is 4.56. The fraction of sp³-hybridized carbons (Fsp3) is 0.273. The van der Waals surface area contributed by atoms with E-state index in [0.29, 0.717) is 0 Å². The maximum absolute atomic E-state index is 11.5. The number of nitrogens with one attached hydrogen (secondary N) is 1. The van der Waals surface area contributed by atoms with Crippen LogP contribution in [0.2, 0.25) is 0 Å². The van der Waals surface area contributed by atoms with Gasteiger partial charge in [0.25, 0.3) is 0 Å². The highest BCUT2D eigenvalue weighted by atomic mass is 127. The fourth-order valence-electron chi connectivity index (χ4n) is 1.17. The lowest BCUT2D eigenvalue weighted by Crippen LogP contribution is -2.39. The molecule has 1 aromatic rings. The van der Waals surface area contributed by atoms with E-state index >= 15 is 0 Å². The summed E-state index contributed by atoms with van der Waals surface area (Å²) >= 11 is 2.14. The molecule has 0 saturated heterocycles. The van der Waals surface area contributed by atoms with Gasteiger partial charge in [0.15, 0.2) is 0 Å². The molecule has 1 amide bonds. The lowest BCUT2D eigenvalue weighted by Gasteiger charge is -2.09. The maximum Gasteiger partial charge on any atom is 0.325 e. The van der Waals surface area contributed by atoms with Crippen LogP contribution in [0.4, 0.5) is 0 Å². The highest BCUT2D eigenvalue weighted by molar-refractivity contribution is 14.1. The molecule has 0 fully saturated rings. The monoisotopic (exact) mass is 333 g/mol. The quantitative estimate of drug-likeness (QED) is 0.819. The molecule has 86 valence electrons. The zero-order valence-corrected chi connectivity index (χ0v) is 10.9. The first-order valence-electron chi connectivity index (χ1n) is 4.76. The molecule has 1 rings (SSSR count). The van der Waals surface area contributed by atoms with Crippen LogP contribution in [0.1, 0.15) is 12.5 Å². The fourth-order valence-corrected chi connectivity index (χ4v) is 1.75. The van der Waals surface area contributed by atoms with Crippen molar-refractivity contribution in [1.82, 2.24) is 5.32 Å². The molecular weight excluding hydrogens is 321 g/mol. The molecule has 1 unspecified atom stereocenters. The van der Waals surface area contributed by atoms with Crippen LogP contribution in [0.15, 0.2) is 24.3 Å². The number of aliphatic carboxylic acids is 1. The van der Waals surface area contributed by atoms with E-state index in [1.165, 1.54) is 6.92 Å². The molecule has 0 radical (unpaired) electrons. The number of rotatable bonds is 4. The number of amides is 1. The smallest absolute Gasteiger partial charge is 0.325 e. The first-order chi connectivity index (χ1) is 7.50. The van der Waals surface area contributed by atoms with Crippen LogP contribution in [0.5, 0.6) is 0 Å². The van der Waals surface area contributed by atoms with Gasteiger partial charge in [0.2, 0.25) is 5.91 Å². The number of hydrogen-bond donors (Lipinski definition) is 2. The summed E-state index contributed by atoms with van der Waals surface area (Å²) in [5, 5.41) is 11.0. The second-order valence-electron chi connectivity index (χ2n) is 3.40. The average molecular weight is 333 g/mol. The minimum absolute atomic E-state index is 0.205. The third kappa shape index (κ3) is 3.80. The van der Waals surface area contributed by atoms with E-state index in [4.69, 9.17) is 5.11 Å². The Morgan fingerprint density at radius 2 is 2.06 bits per heavy atom. The molecule has 4 nitrogen and oxygen atoms in total. The van der Waals surface area contributed by atoms with Gasteiger partial charge in [-0.15, -0.1) is 0 Å². The first-order valence-corrected chi connectivity index (χ1v) is 5.84. The Morgan fingerprint density at radius 1 is 1.44 bits per heavy atom. The molecule has 2 N–H and O–H groups in total. The molecule has 1 aromatic carbocycles. The summed E-state index contributed by atoms with van der Waals surface area (Å²) in [4.78, 5) is 22.0. The van der Waals surface area contributed by atoms with Crippen molar-refractivity contribution >= 4 is 34.5 Å². The van der Waals surface area contributed by atoms with E-state index in [0.717, 1.165) is 9.13 Å². The van der Waals surface area contributed by atoms with Crippen molar-refractivity contribution in [3.05, 3.63) is 33.4 Å². The molecule has 1 atom stereocenters. The van der Waals surface area contributed by atoms with E-state index in [1.54, 1.807) is 0 Å². The number of carboxylic acid groups (broad SMARTS) is 1. The van der Waals surface area contributed by atoms with Gasteiger partial charge in [0.1, 0.15) is 6.04 Å². The minimum atomic E-state index is -1.03. The zero-order chi connectivity index (χ0) is 12.1. The summed E-state index contributed by atoms with van der Waals surface area (Å²) in [6.07, 6.45) is 0.205. The van der Waals surface area contributed by atoms with Crippen molar-refractivity contribution in [2.75, 3.05) is 0 Å². The van der Waals surface area contributed by atoms with E-state index in [9.17, 15) is 9.59 Å². The van der Waals surface area contributed by atoms with Crippen LogP contribution in [0.3, 0.4) is 0 Å². The van der Waals surface area contributed by atoms with Crippen molar-refractivity contribution in [1.29, 1.82) is 0 Å². The summed E-state index contributed by atoms with van der Waals surface area (Å²) in [7, 11) is 0. The molecule has 0 heterocycles. The van der Waals surface area contributed by atoms with Gasteiger partial charge in [-0.1, -0.05) is 18.2 Å². The molecule has 0 aliphatic carbocycles. The Morgan fingerprint density at radius 3 is 2.62 bits per heavy atom. The van der Waals surface area contributed by atoms with Gasteiger partial charge in [-0.3, -0.25) is 9.59 Å². The predicted molar refractivity (Wildman–Crippen MR) is 68.1 cm³/mol. The molecule has 0 aliphatic heterocycles. The van der Waals surface area contributed by atoms with Gasteiger partial charge in [-0.2, -0.15) is 0 Å². The highest BCUT2D eigenvalue weighted by Crippen LogP contribution is 2.11. The normalized spacial score (nSPS) is 11.9. The molecule has 0 spiro atoms. The Hall–Kier alpha value is -1.11. The van der Waals surface area contributed by atoms with Gasteiger partial charge in [0, 0.05) is 3.57 Å². The SMILES string of the molecule is CC(NC(=O)Cc1ccccc1I)C(=O)O. The highest BCUT2D eigenvalue weighted by Gasteiger charge is 2.14. The molecule has 0 saturated carbocycles. The summed E-state index contributed by atoms with van der Waals surface area (Å²) in [5.74, 6) is -1.31. The van der Waals surface area contributed by atoms with Crippen LogP contribution in [0.25, 0.3) is 0 Å². The topological polar surface area (TPSA) is 66.4 Å². The maximum atomic E-state index is 11.5. The number of carbonyl (C=O) groups excluding carboxylic acids is 1. The number of carbonyl (C=O) groups is 2. The summed E-state index contributed by atoms with van der Waals surface area (Å²) in [5.41, 5.74) is 0.901. The van der Waals surface area contributed by atoms with Gasteiger partial charge in [-0.05, 0) is 41.1 Å². The lowest BCUT2D eigenvalue weighted by molar-refractivity contribution is -0.141. The molecule has 0 aromatic heterocycles. The Labute approximate surface area is 107 Å². The first kappa shape index (κ1) is 13.0. The summed E-state index contributed by atoms with van der Waals surface area (Å²) < 4.78 is 0.998. The number of hydrogen-bond acceptors (Lipinski definition) is 2. The van der Waals surface area contributed by atoms with Crippen molar-refractivity contribution in [2.45, 2.75) is 19.4 Å². The van der Waals surface area contributed by atoms with E-state index in [1.807, 2.05) is 24.3 Å². The molecule has 5 heteroatoms. The van der Waals surface area contributed by atoms with Crippen LogP contribution in [-0.4, -0.2) is 23.0 Å². The molecule has 0 bridgehead atoms. The molecular formula is C11H12INO3. The van der Waals surface area contributed by atoms with Gasteiger partial charge < -0.3 is 10.4 Å². The third-order valence-electron chi connectivity index (χ3n) is 2.06. The van der Waals surface area contributed by atoms with Gasteiger partial charge in [0.05, 0.1) is 6.42 Å². The predicted octanol–water partition coefficient (Wildman–Crippen LogP) is 1.42. The summed E-state index contributed by atoms with van der Waals surface area (Å²) in [6, 6.07) is 6.65. The second kappa shape index (κ2) is 5.83. The van der Waals surface area contributed by atoms with Crippen molar-refractivity contribution < 1.29 is 14.7 Å². The number of benzene rings is 1. The minimum Gasteiger partial charge on any atom is -0.480 e. The average Bonchev–Trinajstić information content (AvgIpc) is 2.21. The molecule has 16 heavy (non-hydrogen) atoms. The Kier molecular flexibility index (Phi) is 4.72. The van der Waals surface area contributed by atoms with Crippen LogP contribution in [0, 0.1) is 3.57 Å². The Bertz CT molecular complexity index is 406.